The fraction of sp³-hybridized carbons (Fsp3) is 0.300. The molecule has 0 atom stereocenters. The molecule has 2 aromatic carbocycles. The average Bonchev–Trinajstić information content (AvgIpc) is 2.76. The quantitative estimate of drug-likeness (QED) is 0.685. The Bertz CT molecular complexity index is 813. The minimum atomic E-state index is -0.335. The van der Waals surface area contributed by atoms with Crippen LogP contribution in [0.2, 0.25) is 0 Å². The predicted molar refractivity (Wildman–Crippen MR) is 92.7 cm³/mol. The first-order chi connectivity index (χ1) is 12.0. The molecule has 1 heterocycles. The van der Waals surface area contributed by atoms with E-state index in [0.29, 0.717) is 29.9 Å². The first-order valence-electron chi connectivity index (χ1n) is 8.36. The zero-order valence-corrected chi connectivity index (χ0v) is 14.4. The lowest BCUT2D eigenvalue weighted by Crippen LogP contribution is -2.33. The van der Waals surface area contributed by atoms with Gasteiger partial charge in [-0.05, 0) is 38.0 Å². The van der Waals surface area contributed by atoms with Crippen molar-refractivity contribution in [1.82, 2.24) is 5.06 Å². The Balaban J connectivity index is 1.81. The number of carbonyl (C=O) groups excluding carboxylic acids is 2. The molecule has 3 rings (SSSR count). The van der Waals surface area contributed by atoms with E-state index in [0.717, 1.165) is 16.2 Å². The lowest BCUT2D eigenvalue weighted by Gasteiger charge is -2.18. The number of benzene rings is 2. The third-order valence-electron chi connectivity index (χ3n) is 4.31. The Morgan fingerprint density at radius 3 is 2.72 bits per heavy atom. The minimum Gasteiger partial charge on any atom is -0.488 e. The molecule has 2 aromatic rings. The molecule has 1 N–H and O–H groups in total. The second-order valence-electron chi connectivity index (χ2n) is 6.44. The van der Waals surface area contributed by atoms with Crippen LogP contribution in [0.4, 0.5) is 0 Å². The normalized spacial score (nSPS) is 12.9. The largest absolute Gasteiger partial charge is 0.488 e. The molecule has 0 fully saturated rings. The van der Waals surface area contributed by atoms with Crippen LogP contribution in [0.1, 0.15) is 47.3 Å². The van der Waals surface area contributed by atoms with Crippen LogP contribution in [0, 0.1) is 0 Å². The van der Waals surface area contributed by atoms with E-state index in [2.05, 4.69) is 0 Å². The Labute approximate surface area is 146 Å². The van der Waals surface area contributed by atoms with E-state index < -0.39 is 0 Å². The third-order valence-corrected chi connectivity index (χ3v) is 4.31. The van der Waals surface area contributed by atoms with E-state index in [9.17, 15) is 14.8 Å². The highest BCUT2D eigenvalue weighted by molar-refractivity contribution is 6.12. The van der Waals surface area contributed by atoms with Gasteiger partial charge in [0.1, 0.15) is 12.4 Å². The van der Waals surface area contributed by atoms with Crippen LogP contribution in [0.15, 0.2) is 42.5 Å². The van der Waals surface area contributed by atoms with E-state index in [1.807, 2.05) is 24.3 Å². The summed E-state index contributed by atoms with van der Waals surface area (Å²) in [6.45, 7) is 3.85. The molecular formula is C20H21NO4. The van der Waals surface area contributed by atoms with Gasteiger partial charge in [0, 0.05) is 17.5 Å². The molecule has 5 nitrogen and oxygen atoms in total. The van der Waals surface area contributed by atoms with E-state index >= 15 is 0 Å². The van der Waals surface area contributed by atoms with Crippen LogP contribution in [0.3, 0.4) is 0 Å². The first kappa shape index (κ1) is 17.2. The van der Waals surface area contributed by atoms with Crippen LogP contribution in [-0.4, -0.2) is 28.0 Å². The van der Waals surface area contributed by atoms with Gasteiger partial charge in [0.2, 0.25) is 5.91 Å². The van der Waals surface area contributed by atoms with E-state index in [1.165, 1.54) is 0 Å². The molecule has 0 saturated carbocycles. The van der Waals surface area contributed by atoms with Gasteiger partial charge < -0.3 is 4.74 Å². The molecule has 0 unspecified atom stereocenters. The number of hydrogen-bond donors (Lipinski definition) is 1. The Hall–Kier alpha value is -2.66. The number of nitrogens with zero attached hydrogens (tertiary/aromatic N) is 1. The highest BCUT2D eigenvalue weighted by Crippen LogP contribution is 2.29. The minimum absolute atomic E-state index is 0.0674. The maximum Gasteiger partial charge on any atom is 0.246 e. The molecule has 1 aliphatic heterocycles. The molecule has 0 aromatic heterocycles. The molecule has 130 valence electrons. The summed E-state index contributed by atoms with van der Waals surface area (Å²) in [6.07, 6.45) is 0.629. The summed E-state index contributed by atoms with van der Waals surface area (Å²) in [4.78, 5) is 24.7. The van der Waals surface area contributed by atoms with Gasteiger partial charge in [0.05, 0.1) is 11.6 Å². The Kier molecular flexibility index (Phi) is 4.86. The van der Waals surface area contributed by atoms with E-state index in [4.69, 9.17) is 4.74 Å². The molecule has 1 amide bonds. The number of amides is 1. The lowest BCUT2D eigenvalue weighted by molar-refractivity contribution is -0.172. The summed E-state index contributed by atoms with van der Waals surface area (Å²) in [6, 6.07) is 12.6. The number of fused-ring (bicyclic) bond motifs is 2. The maximum absolute atomic E-state index is 12.8. The fourth-order valence-electron chi connectivity index (χ4n) is 2.86. The molecular weight excluding hydrogens is 318 g/mol. The van der Waals surface area contributed by atoms with Crippen LogP contribution < -0.4 is 4.74 Å². The molecule has 0 spiro atoms. The summed E-state index contributed by atoms with van der Waals surface area (Å²) in [7, 11) is 0. The second kappa shape index (κ2) is 7.07. The van der Waals surface area contributed by atoms with Crippen molar-refractivity contribution in [2.75, 3.05) is 0 Å². The highest BCUT2D eigenvalue weighted by Gasteiger charge is 2.22. The second-order valence-corrected chi connectivity index (χ2v) is 6.44. The fourth-order valence-corrected chi connectivity index (χ4v) is 2.86. The number of hydrogen-bond acceptors (Lipinski definition) is 4. The standard InChI is InChI=1S/C20H21NO4/c1-13(2)21(24)19(22)10-8-14-7-9-18-17(11-14)20(23)16-6-4-3-5-15(16)12-25-18/h3-7,9,11,13,24H,8,10,12H2,1-2H3. The van der Waals surface area contributed by atoms with Crippen LogP contribution in [-0.2, 0) is 17.8 Å². The van der Waals surface area contributed by atoms with Crippen molar-refractivity contribution in [1.29, 1.82) is 0 Å². The Morgan fingerprint density at radius 1 is 1.20 bits per heavy atom. The number of ketones is 1. The van der Waals surface area contributed by atoms with Gasteiger partial charge >= 0.3 is 0 Å². The molecule has 0 radical (unpaired) electrons. The maximum atomic E-state index is 12.8. The van der Waals surface area contributed by atoms with Crippen molar-refractivity contribution in [2.45, 2.75) is 39.3 Å². The number of rotatable bonds is 4. The monoisotopic (exact) mass is 339 g/mol. The number of ether oxygens (including phenoxy) is 1. The third kappa shape index (κ3) is 3.56. The summed E-state index contributed by atoms with van der Waals surface area (Å²) >= 11 is 0. The van der Waals surface area contributed by atoms with Crippen molar-refractivity contribution < 1.29 is 19.5 Å². The van der Waals surface area contributed by atoms with Crippen LogP contribution >= 0.6 is 0 Å². The average molecular weight is 339 g/mol. The van der Waals surface area contributed by atoms with Gasteiger partial charge in [-0.1, -0.05) is 30.3 Å². The summed E-state index contributed by atoms with van der Waals surface area (Å²) in [5.74, 6) is 0.155. The van der Waals surface area contributed by atoms with Gasteiger partial charge in [0.15, 0.2) is 5.78 Å². The number of carbonyl (C=O) groups is 2. The topological polar surface area (TPSA) is 66.8 Å². The SMILES string of the molecule is CC(C)N(O)C(=O)CCc1ccc2c(c1)C(=O)c1ccccc1CO2. The predicted octanol–water partition coefficient (Wildman–Crippen LogP) is 3.37. The summed E-state index contributed by atoms with van der Waals surface area (Å²) < 4.78 is 5.76. The molecule has 25 heavy (non-hydrogen) atoms. The van der Waals surface area contributed by atoms with Crippen molar-refractivity contribution in [3.05, 3.63) is 64.7 Å². The van der Waals surface area contributed by atoms with Gasteiger partial charge in [-0.2, -0.15) is 0 Å². The molecule has 5 heteroatoms. The Morgan fingerprint density at radius 2 is 1.96 bits per heavy atom. The molecule has 0 saturated heterocycles. The van der Waals surface area contributed by atoms with Gasteiger partial charge in [-0.3, -0.25) is 14.8 Å². The van der Waals surface area contributed by atoms with Gasteiger partial charge in [-0.25, -0.2) is 5.06 Å². The van der Waals surface area contributed by atoms with Crippen molar-refractivity contribution in [3.8, 4) is 5.75 Å². The van der Waals surface area contributed by atoms with Crippen molar-refractivity contribution in [2.24, 2.45) is 0 Å². The first-order valence-corrected chi connectivity index (χ1v) is 8.36. The summed E-state index contributed by atoms with van der Waals surface area (Å²) in [5.41, 5.74) is 2.89. The van der Waals surface area contributed by atoms with Crippen LogP contribution in [0.25, 0.3) is 0 Å². The summed E-state index contributed by atoms with van der Waals surface area (Å²) in [5, 5.41) is 10.4. The number of hydroxylamine groups is 2. The molecule has 1 aliphatic rings. The van der Waals surface area contributed by atoms with Gasteiger partial charge in [-0.15, -0.1) is 0 Å². The lowest BCUT2D eigenvalue weighted by atomic mass is 9.97. The van der Waals surface area contributed by atoms with Crippen molar-refractivity contribution in [3.63, 3.8) is 0 Å². The van der Waals surface area contributed by atoms with E-state index in [1.54, 1.807) is 32.0 Å². The number of aryl methyl sites for hydroxylation is 1. The van der Waals surface area contributed by atoms with Crippen molar-refractivity contribution >= 4 is 11.7 Å². The molecule has 0 aliphatic carbocycles. The smallest absolute Gasteiger partial charge is 0.246 e. The highest BCUT2D eigenvalue weighted by atomic mass is 16.5. The zero-order valence-electron chi connectivity index (χ0n) is 14.4. The molecule has 0 bridgehead atoms. The van der Waals surface area contributed by atoms with E-state index in [-0.39, 0.29) is 24.2 Å². The zero-order chi connectivity index (χ0) is 18.0. The van der Waals surface area contributed by atoms with Gasteiger partial charge in [0.25, 0.3) is 0 Å². The van der Waals surface area contributed by atoms with Crippen LogP contribution in [0.5, 0.6) is 5.75 Å².